The van der Waals surface area contributed by atoms with E-state index in [-0.39, 0.29) is 5.91 Å². The number of hydrogen-bond donors (Lipinski definition) is 1. The number of rotatable bonds is 5. The third kappa shape index (κ3) is 4.02. The number of aryl methyl sites for hydroxylation is 3. The molecule has 0 fully saturated rings. The van der Waals surface area contributed by atoms with Crippen LogP contribution >= 0.6 is 27.3 Å². The van der Waals surface area contributed by atoms with E-state index in [2.05, 4.69) is 57.4 Å². The van der Waals surface area contributed by atoms with Crippen LogP contribution in [-0.4, -0.2) is 17.4 Å². The third-order valence-electron chi connectivity index (χ3n) is 3.93. The first-order chi connectivity index (χ1) is 12.0. The summed E-state index contributed by atoms with van der Waals surface area (Å²) in [5.41, 5.74) is 3.91. The SMILES string of the molecule is Cc1ccc(-c2nc(CCNC(=O)c3c(C)oc(C)c3Br)cs2)cc1. The van der Waals surface area contributed by atoms with Crippen molar-refractivity contribution < 1.29 is 9.21 Å². The Kier molecular flexibility index (Phi) is 5.39. The van der Waals surface area contributed by atoms with Crippen molar-refractivity contribution in [1.29, 1.82) is 0 Å². The van der Waals surface area contributed by atoms with E-state index in [9.17, 15) is 4.79 Å². The van der Waals surface area contributed by atoms with Gasteiger partial charge in [-0.15, -0.1) is 11.3 Å². The maximum absolute atomic E-state index is 12.3. The number of halogens is 1. The zero-order valence-corrected chi connectivity index (χ0v) is 16.8. The van der Waals surface area contributed by atoms with E-state index in [1.807, 2.05) is 12.3 Å². The number of carbonyl (C=O) groups excluding carboxylic acids is 1. The number of furan rings is 1. The van der Waals surface area contributed by atoms with E-state index in [0.29, 0.717) is 30.0 Å². The van der Waals surface area contributed by atoms with Gasteiger partial charge < -0.3 is 9.73 Å². The highest BCUT2D eigenvalue weighted by molar-refractivity contribution is 9.10. The molecule has 4 nitrogen and oxygen atoms in total. The molecule has 2 heterocycles. The lowest BCUT2D eigenvalue weighted by atomic mass is 10.2. The predicted molar refractivity (Wildman–Crippen MR) is 104 cm³/mol. The molecule has 1 amide bonds. The number of amides is 1. The Morgan fingerprint density at radius 2 is 1.92 bits per heavy atom. The number of benzene rings is 1. The quantitative estimate of drug-likeness (QED) is 0.629. The molecule has 0 saturated heterocycles. The molecule has 1 aromatic carbocycles. The molecular formula is C19H19BrN2O2S. The van der Waals surface area contributed by atoms with Gasteiger partial charge in [-0.3, -0.25) is 4.79 Å². The molecule has 0 aliphatic carbocycles. The normalized spacial score (nSPS) is 10.9. The van der Waals surface area contributed by atoms with E-state index in [1.165, 1.54) is 5.56 Å². The van der Waals surface area contributed by atoms with Crippen LogP contribution in [0.1, 0.15) is 33.1 Å². The average Bonchev–Trinajstić information content (AvgIpc) is 3.13. The van der Waals surface area contributed by atoms with Crippen LogP contribution in [0.25, 0.3) is 10.6 Å². The number of hydrogen-bond acceptors (Lipinski definition) is 4. The van der Waals surface area contributed by atoms with E-state index in [1.54, 1.807) is 18.3 Å². The molecule has 0 aliphatic heterocycles. The van der Waals surface area contributed by atoms with Gasteiger partial charge in [0.1, 0.15) is 16.5 Å². The maximum Gasteiger partial charge on any atom is 0.256 e. The maximum atomic E-state index is 12.3. The van der Waals surface area contributed by atoms with Gasteiger partial charge in [-0.05, 0) is 36.7 Å². The smallest absolute Gasteiger partial charge is 0.256 e. The van der Waals surface area contributed by atoms with E-state index >= 15 is 0 Å². The van der Waals surface area contributed by atoms with Crippen molar-refractivity contribution in [2.75, 3.05) is 6.54 Å². The molecule has 6 heteroatoms. The highest BCUT2D eigenvalue weighted by atomic mass is 79.9. The summed E-state index contributed by atoms with van der Waals surface area (Å²) in [6, 6.07) is 8.34. The molecule has 3 rings (SSSR count). The highest BCUT2D eigenvalue weighted by Gasteiger charge is 2.19. The van der Waals surface area contributed by atoms with E-state index in [4.69, 9.17) is 4.42 Å². The van der Waals surface area contributed by atoms with Gasteiger partial charge in [0, 0.05) is 23.9 Å². The summed E-state index contributed by atoms with van der Waals surface area (Å²) in [5, 5.41) is 5.99. The van der Waals surface area contributed by atoms with Crippen LogP contribution in [0.3, 0.4) is 0 Å². The number of nitrogens with zero attached hydrogens (tertiary/aromatic N) is 1. The van der Waals surface area contributed by atoms with Gasteiger partial charge in [-0.2, -0.15) is 0 Å². The number of nitrogens with one attached hydrogen (secondary N) is 1. The Balaban J connectivity index is 1.59. The Morgan fingerprint density at radius 3 is 2.56 bits per heavy atom. The Labute approximate surface area is 159 Å². The second-order valence-corrected chi connectivity index (χ2v) is 7.57. The van der Waals surface area contributed by atoms with Crippen molar-refractivity contribution in [3.05, 3.63) is 62.5 Å². The minimum Gasteiger partial charge on any atom is -0.465 e. The topological polar surface area (TPSA) is 55.1 Å². The molecule has 0 unspecified atom stereocenters. The molecule has 130 valence electrons. The molecule has 1 N–H and O–H groups in total. The first-order valence-corrected chi connectivity index (χ1v) is 9.68. The summed E-state index contributed by atoms with van der Waals surface area (Å²) in [7, 11) is 0. The standard InChI is InChI=1S/C19H19BrN2O2S/c1-11-4-6-14(7-5-11)19-22-15(10-25-19)8-9-21-18(23)16-12(2)24-13(3)17(16)20/h4-7,10H,8-9H2,1-3H3,(H,21,23). The highest BCUT2D eigenvalue weighted by Crippen LogP contribution is 2.27. The minimum atomic E-state index is -0.129. The average molecular weight is 419 g/mol. The fourth-order valence-corrected chi connectivity index (χ4v) is 3.96. The summed E-state index contributed by atoms with van der Waals surface area (Å²) >= 11 is 5.03. The van der Waals surface area contributed by atoms with Crippen molar-refractivity contribution in [2.24, 2.45) is 0 Å². The van der Waals surface area contributed by atoms with Crippen molar-refractivity contribution >= 4 is 33.2 Å². The lowest BCUT2D eigenvalue weighted by molar-refractivity contribution is 0.0952. The van der Waals surface area contributed by atoms with Crippen LogP contribution in [0.4, 0.5) is 0 Å². The van der Waals surface area contributed by atoms with Crippen LogP contribution in [0.5, 0.6) is 0 Å². The fraction of sp³-hybridized carbons (Fsp3) is 0.263. The molecule has 0 atom stereocenters. The lowest BCUT2D eigenvalue weighted by Gasteiger charge is -2.03. The molecule has 3 aromatic rings. The van der Waals surface area contributed by atoms with Crippen molar-refractivity contribution in [3.8, 4) is 10.6 Å². The number of thiazole rings is 1. The molecule has 25 heavy (non-hydrogen) atoms. The van der Waals surface area contributed by atoms with Crippen LogP contribution in [0, 0.1) is 20.8 Å². The van der Waals surface area contributed by atoms with Crippen molar-refractivity contribution in [1.82, 2.24) is 10.3 Å². The molecule has 0 saturated carbocycles. The summed E-state index contributed by atoms with van der Waals surface area (Å²) in [6.07, 6.45) is 0.696. The second-order valence-electron chi connectivity index (χ2n) is 5.92. The Morgan fingerprint density at radius 1 is 1.20 bits per heavy atom. The van der Waals surface area contributed by atoms with Crippen LogP contribution in [-0.2, 0) is 6.42 Å². The van der Waals surface area contributed by atoms with Crippen LogP contribution in [0.2, 0.25) is 0 Å². The van der Waals surface area contributed by atoms with Gasteiger partial charge in [-0.25, -0.2) is 4.98 Å². The Bertz CT molecular complexity index is 897. The molecule has 0 spiro atoms. The summed E-state index contributed by atoms with van der Waals surface area (Å²) in [6.45, 7) is 6.23. The lowest BCUT2D eigenvalue weighted by Crippen LogP contribution is -2.26. The molecule has 0 radical (unpaired) electrons. The van der Waals surface area contributed by atoms with Gasteiger partial charge in [0.15, 0.2) is 0 Å². The zero-order valence-electron chi connectivity index (χ0n) is 14.4. The van der Waals surface area contributed by atoms with Gasteiger partial charge in [0.05, 0.1) is 15.7 Å². The largest absolute Gasteiger partial charge is 0.465 e. The van der Waals surface area contributed by atoms with Gasteiger partial charge in [0.25, 0.3) is 5.91 Å². The fourth-order valence-electron chi connectivity index (χ4n) is 2.56. The van der Waals surface area contributed by atoms with E-state index in [0.717, 1.165) is 20.7 Å². The molecule has 0 aliphatic rings. The van der Waals surface area contributed by atoms with Crippen LogP contribution < -0.4 is 5.32 Å². The summed E-state index contributed by atoms with van der Waals surface area (Å²) < 4.78 is 6.19. The van der Waals surface area contributed by atoms with Gasteiger partial charge >= 0.3 is 0 Å². The van der Waals surface area contributed by atoms with Gasteiger partial charge in [0.2, 0.25) is 0 Å². The van der Waals surface area contributed by atoms with Crippen molar-refractivity contribution in [2.45, 2.75) is 27.2 Å². The summed E-state index contributed by atoms with van der Waals surface area (Å²) in [4.78, 5) is 17.0. The number of aromatic nitrogens is 1. The third-order valence-corrected chi connectivity index (χ3v) is 5.83. The zero-order chi connectivity index (χ0) is 18.0. The monoisotopic (exact) mass is 418 g/mol. The number of carbonyl (C=O) groups is 1. The second kappa shape index (κ2) is 7.54. The first kappa shape index (κ1) is 17.9. The molecule has 2 aromatic heterocycles. The van der Waals surface area contributed by atoms with Crippen LogP contribution in [0.15, 0.2) is 38.5 Å². The summed E-state index contributed by atoms with van der Waals surface area (Å²) in [5.74, 6) is 1.21. The van der Waals surface area contributed by atoms with E-state index < -0.39 is 0 Å². The van der Waals surface area contributed by atoms with Crippen molar-refractivity contribution in [3.63, 3.8) is 0 Å². The van der Waals surface area contributed by atoms with Gasteiger partial charge in [-0.1, -0.05) is 29.8 Å². The predicted octanol–water partition coefficient (Wildman–Crippen LogP) is 5.06. The minimum absolute atomic E-state index is 0.129. The molecular weight excluding hydrogens is 400 g/mol. The Hall–Kier alpha value is -1.92. The molecule has 0 bridgehead atoms. The first-order valence-electron chi connectivity index (χ1n) is 8.01.